The van der Waals surface area contributed by atoms with Crippen LogP contribution < -0.4 is 25.3 Å². The molecule has 1 saturated carbocycles. The summed E-state index contributed by atoms with van der Waals surface area (Å²) in [6.45, 7) is 0.414. The molecule has 1 aliphatic carbocycles. The van der Waals surface area contributed by atoms with E-state index in [0.29, 0.717) is 16.9 Å². The number of nitrogens with two attached hydrogens (primary N) is 1. The Balaban J connectivity index is 1.84. The van der Waals surface area contributed by atoms with Gasteiger partial charge in [-0.3, -0.25) is 4.79 Å². The summed E-state index contributed by atoms with van der Waals surface area (Å²) < 4.78 is 17.5. The molecule has 0 aromatic heterocycles. The summed E-state index contributed by atoms with van der Waals surface area (Å²) in [7, 11) is 2.94. The van der Waals surface area contributed by atoms with Gasteiger partial charge in [-0.25, -0.2) is 0 Å². The fourth-order valence-electron chi connectivity index (χ4n) is 6.00. The molecule has 1 heterocycles. The molecular weight excluding hydrogens is 476 g/mol. The van der Waals surface area contributed by atoms with Crippen LogP contribution in [0.1, 0.15) is 22.6 Å². The van der Waals surface area contributed by atoms with Gasteiger partial charge < -0.3 is 40.6 Å². The zero-order chi connectivity index (χ0) is 26.4. The third kappa shape index (κ3) is 3.46. The van der Waals surface area contributed by atoms with Crippen LogP contribution in [-0.4, -0.2) is 54.6 Å². The first kappa shape index (κ1) is 24.9. The van der Waals surface area contributed by atoms with E-state index in [1.165, 1.54) is 19.2 Å². The Hall–Kier alpha value is -3.79. The topological polar surface area (TPSA) is 144 Å². The average Bonchev–Trinajstić information content (AvgIpc) is 3.29. The molecule has 6 N–H and O–H groups in total. The summed E-state index contributed by atoms with van der Waals surface area (Å²) in [5.74, 6) is -1.71. The number of fused-ring (bicyclic) bond motifs is 3. The lowest BCUT2D eigenvalue weighted by Crippen LogP contribution is -2.52. The number of aliphatic hydroxyl groups is 2. The Bertz CT molecular complexity index is 1300. The number of hydrogen-bond acceptors (Lipinski definition) is 8. The van der Waals surface area contributed by atoms with Crippen LogP contribution in [0.5, 0.6) is 23.0 Å². The van der Waals surface area contributed by atoms with Gasteiger partial charge in [0.25, 0.3) is 0 Å². The number of carbonyl (C=O) groups is 1. The van der Waals surface area contributed by atoms with Gasteiger partial charge >= 0.3 is 0 Å². The summed E-state index contributed by atoms with van der Waals surface area (Å²) in [6.07, 6.45) is -1.61. The summed E-state index contributed by atoms with van der Waals surface area (Å²) in [5.41, 5.74) is 3.17. The maximum absolute atomic E-state index is 13.6. The molecule has 3 aromatic rings. The maximum Gasteiger partial charge on any atom is 0.226 e. The highest BCUT2D eigenvalue weighted by Gasteiger charge is 2.78. The number of methoxy groups -OCH3 is 2. The molecule has 1 aliphatic heterocycles. The van der Waals surface area contributed by atoms with E-state index in [9.17, 15) is 20.1 Å². The minimum atomic E-state index is -2.14. The lowest BCUT2D eigenvalue weighted by Gasteiger charge is -2.40. The smallest absolute Gasteiger partial charge is 0.226 e. The normalized spacial score (nSPS) is 27.6. The molecular formula is C28H30N2O7. The molecule has 0 spiro atoms. The Morgan fingerprint density at radius 1 is 1.08 bits per heavy atom. The number of benzene rings is 3. The van der Waals surface area contributed by atoms with Crippen LogP contribution in [0, 0.1) is 5.92 Å². The number of phenolic OH excluding ortho intramolecular Hbond substituents is 1. The molecule has 0 bridgehead atoms. The van der Waals surface area contributed by atoms with Crippen LogP contribution in [0.3, 0.4) is 0 Å². The molecule has 5 atom stereocenters. The van der Waals surface area contributed by atoms with Crippen molar-refractivity contribution < 1.29 is 34.3 Å². The van der Waals surface area contributed by atoms with Crippen molar-refractivity contribution in [1.29, 1.82) is 0 Å². The third-order valence-electron chi connectivity index (χ3n) is 7.48. The van der Waals surface area contributed by atoms with E-state index in [2.05, 4.69) is 5.32 Å². The van der Waals surface area contributed by atoms with Crippen molar-refractivity contribution in [2.45, 2.75) is 23.2 Å². The fourth-order valence-corrected chi connectivity index (χ4v) is 6.00. The first-order valence-electron chi connectivity index (χ1n) is 12.0. The van der Waals surface area contributed by atoms with Gasteiger partial charge in [0.15, 0.2) is 11.2 Å². The minimum absolute atomic E-state index is 0.127. The number of phenols is 1. The molecule has 5 rings (SSSR count). The monoisotopic (exact) mass is 506 g/mol. The minimum Gasteiger partial charge on any atom is -0.508 e. The molecule has 1 amide bonds. The number of nitrogens with one attached hydrogen (secondary N) is 1. The van der Waals surface area contributed by atoms with Crippen LogP contribution in [0.15, 0.2) is 66.7 Å². The van der Waals surface area contributed by atoms with E-state index in [1.807, 2.05) is 30.3 Å². The van der Waals surface area contributed by atoms with E-state index in [-0.39, 0.29) is 35.9 Å². The average molecular weight is 507 g/mol. The van der Waals surface area contributed by atoms with Crippen molar-refractivity contribution in [2.75, 3.05) is 27.3 Å². The van der Waals surface area contributed by atoms with E-state index in [1.54, 1.807) is 31.4 Å². The van der Waals surface area contributed by atoms with E-state index in [4.69, 9.17) is 19.9 Å². The number of ether oxygens (including phenoxy) is 3. The lowest BCUT2D eigenvalue weighted by atomic mass is 9.70. The summed E-state index contributed by atoms with van der Waals surface area (Å²) in [4.78, 5) is 13.6. The summed E-state index contributed by atoms with van der Waals surface area (Å²) in [6, 6.07) is 18.8. The molecule has 194 valence electrons. The van der Waals surface area contributed by atoms with Crippen molar-refractivity contribution >= 4 is 5.91 Å². The second-order valence-corrected chi connectivity index (χ2v) is 9.29. The van der Waals surface area contributed by atoms with Crippen LogP contribution in [-0.2, 0) is 16.0 Å². The molecule has 0 radical (unpaired) electrons. The van der Waals surface area contributed by atoms with Crippen molar-refractivity contribution in [1.82, 2.24) is 5.32 Å². The van der Waals surface area contributed by atoms with Gasteiger partial charge in [0.05, 0.1) is 25.7 Å². The van der Waals surface area contributed by atoms with Crippen molar-refractivity contribution in [2.24, 2.45) is 11.7 Å². The first-order valence-corrected chi connectivity index (χ1v) is 12.0. The van der Waals surface area contributed by atoms with Gasteiger partial charge in [-0.1, -0.05) is 42.5 Å². The molecule has 0 saturated heterocycles. The standard InChI is InChI=1S/C28H30N2O7/c1-35-19-10-8-17(9-11-19)28-23(16-6-4-3-5-7-16)22(26(33)30-13-12-29)25(32)27(28,34)24-20(36-2)14-18(31)15-21(24)37-28/h3-11,14-15,22-23,25,31-32,34H,12-13,29H2,1-2H3,(H,30,33)/t22-,23-,25-,27+,28+/m1/s1. The predicted molar refractivity (Wildman–Crippen MR) is 135 cm³/mol. The fraction of sp³-hybridized carbons (Fsp3) is 0.321. The number of aliphatic hydroxyl groups excluding tert-OH is 1. The number of carbonyl (C=O) groups excluding carboxylic acids is 1. The van der Waals surface area contributed by atoms with E-state index < -0.39 is 35.0 Å². The molecule has 9 heteroatoms. The lowest BCUT2D eigenvalue weighted by molar-refractivity contribution is -0.154. The molecule has 2 aliphatic rings. The van der Waals surface area contributed by atoms with Gasteiger partial charge in [-0.2, -0.15) is 0 Å². The molecule has 37 heavy (non-hydrogen) atoms. The second kappa shape index (κ2) is 9.26. The Morgan fingerprint density at radius 3 is 2.41 bits per heavy atom. The highest BCUT2D eigenvalue weighted by Crippen LogP contribution is 2.70. The highest BCUT2D eigenvalue weighted by molar-refractivity contribution is 5.83. The van der Waals surface area contributed by atoms with Gasteiger partial charge in [0, 0.05) is 31.1 Å². The quantitative estimate of drug-likeness (QED) is 0.326. The van der Waals surface area contributed by atoms with Crippen LogP contribution in [0.2, 0.25) is 0 Å². The number of aromatic hydroxyl groups is 1. The SMILES string of the molecule is COc1ccc([C@@]23Oc4cc(O)cc(OC)c4[C@]2(O)[C@H](O)[C@H](C(=O)NCCN)[C@H]3c2ccccc2)cc1. The number of hydrogen-bond donors (Lipinski definition) is 5. The largest absolute Gasteiger partial charge is 0.508 e. The van der Waals surface area contributed by atoms with E-state index in [0.717, 1.165) is 0 Å². The van der Waals surface area contributed by atoms with Crippen molar-refractivity contribution in [3.63, 3.8) is 0 Å². The Labute approximate surface area is 214 Å². The van der Waals surface area contributed by atoms with Crippen LogP contribution in [0.4, 0.5) is 0 Å². The second-order valence-electron chi connectivity index (χ2n) is 9.29. The molecule has 0 unspecified atom stereocenters. The van der Waals surface area contributed by atoms with Crippen LogP contribution in [0.25, 0.3) is 0 Å². The molecule has 1 fully saturated rings. The van der Waals surface area contributed by atoms with Gasteiger partial charge in [0.2, 0.25) is 5.91 Å². The number of rotatable bonds is 7. The molecule has 9 nitrogen and oxygen atoms in total. The Kier molecular flexibility index (Phi) is 6.23. The molecule has 3 aromatic carbocycles. The zero-order valence-electron chi connectivity index (χ0n) is 20.5. The maximum atomic E-state index is 13.6. The van der Waals surface area contributed by atoms with Gasteiger partial charge in [-0.05, 0) is 23.3 Å². The third-order valence-corrected chi connectivity index (χ3v) is 7.48. The zero-order valence-corrected chi connectivity index (χ0v) is 20.5. The van der Waals surface area contributed by atoms with Crippen molar-refractivity contribution in [3.05, 3.63) is 83.4 Å². The van der Waals surface area contributed by atoms with Crippen LogP contribution >= 0.6 is 0 Å². The van der Waals surface area contributed by atoms with Crippen molar-refractivity contribution in [3.8, 4) is 23.0 Å². The van der Waals surface area contributed by atoms with Gasteiger partial charge in [-0.15, -0.1) is 0 Å². The first-order chi connectivity index (χ1) is 17.8. The van der Waals surface area contributed by atoms with Gasteiger partial charge in [0.1, 0.15) is 29.1 Å². The number of amides is 1. The Morgan fingerprint density at radius 2 is 1.78 bits per heavy atom. The predicted octanol–water partition coefficient (Wildman–Crippen LogP) is 1.73. The highest BCUT2D eigenvalue weighted by atomic mass is 16.5. The summed E-state index contributed by atoms with van der Waals surface area (Å²) in [5, 5.41) is 37.8. The van der Waals surface area contributed by atoms with E-state index >= 15 is 0 Å². The summed E-state index contributed by atoms with van der Waals surface area (Å²) >= 11 is 0.